The Balaban J connectivity index is 2.19. The van der Waals surface area contributed by atoms with Crippen molar-refractivity contribution in [3.8, 4) is 0 Å². The number of hydrogen-bond acceptors (Lipinski definition) is 5. The minimum absolute atomic E-state index is 0.417. The van der Waals surface area contributed by atoms with Crippen LogP contribution < -0.4 is 11.1 Å². The number of nitrogen functional groups attached to an aromatic ring is 1. The number of esters is 1. The van der Waals surface area contributed by atoms with Crippen LogP contribution in [0.15, 0.2) is 36.4 Å². The van der Waals surface area contributed by atoms with Crippen LogP contribution in [0.1, 0.15) is 21.7 Å². The molecule has 104 valence electrons. The molecular formula is C15H17N3O2. The number of carbonyl (C=O) groups excluding carboxylic acids is 1. The number of nitrogens with zero attached hydrogens (tertiary/aromatic N) is 1. The molecule has 2 aromatic rings. The van der Waals surface area contributed by atoms with Crippen LogP contribution in [0.25, 0.3) is 0 Å². The molecule has 0 atom stereocenters. The predicted molar refractivity (Wildman–Crippen MR) is 78.5 cm³/mol. The van der Waals surface area contributed by atoms with Crippen molar-refractivity contribution in [3.05, 3.63) is 53.3 Å². The van der Waals surface area contributed by atoms with Crippen LogP contribution in [0.2, 0.25) is 0 Å². The van der Waals surface area contributed by atoms with E-state index in [9.17, 15) is 4.79 Å². The molecule has 5 nitrogen and oxygen atoms in total. The van der Waals surface area contributed by atoms with Gasteiger partial charge in [0.25, 0.3) is 0 Å². The van der Waals surface area contributed by atoms with Crippen molar-refractivity contribution in [1.29, 1.82) is 0 Å². The molecule has 0 aliphatic carbocycles. The second-order valence-corrected chi connectivity index (χ2v) is 4.42. The summed E-state index contributed by atoms with van der Waals surface area (Å²) in [4.78, 5) is 16.1. The van der Waals surface area contributed by atoms with Gasteiger partial charge in [-0.3, -0.25) is 4.98 Å². The fourth-order valence-corrected chi connectivity index (χ4v) is 1.88. The molecule has 0 aliphatic heterocycles. The zero-order chi connectivity index (χ0) is 14.5. The summed E-state index contributed by atoms with van der Waals surface area (Å²) in [6, 6.07) is 10.9. The number of aromatic nitrogens is 1. The summed E-state index contributed by atoms with van der Waals surface area (Å²) >= 11 is 0. The van der Waals surface area contributed by atoms with E-state index in [1.165, 1.54) is 7.11 Å². The summed E-state index contributed by atoms with van der Waals surface area (Å²) in [5.41, 5.74) is 9.16. The first-order valence-electron chi connectivity index (χ1n) is 6.24. The van der Waals surface area contributed by atoms with Crippen LogP contribution in [0.3, 0.4) is 0 Å². The Bertz CT molecular complexity index is 626. The van der Waals surface area contributed by atoms with Gasteiger partial charge in [-0.15, -0.1) is 0 Å². The smallest absolute Gasteiger partial charge is 0.340 e. The van der Waals surface area contributed by atoms with Crippen LogP contribution in [0, 0.1) is 6.92 Å². The molecule has 0 amide bonds. The summed E-state index contributed by atoms with van der Waals surface area (Å²) in [5.74, 6) is -0.419. The van der Waals surface area contributed by atoms with Crippen molar-refractivity contribution in [2.45, 2.75) is 13.5 Å². The molecule has 1 heterocycles. The number of ether oxygens (including phenoxy) is 1. The van der Waals surface area contributed by atoms with E-state index in [4.69, 9.17) is 10.5 Å². The largest absolute Gasteiger partial charge is 0.465 e. The Kier molecular flexibility index (Phi) is 4.20. The molecule has 0 spiro atoms. The first-order valence-corrected chi connectivity index (χ1v) is 6.24. The molecule has 0 aliphatic rings. The molecule has 2 rings (SSSR count). The van der Waals surface area contributed by atoms with Crippen LogP contribution in [0.5, 0.6) is 0 Å². The molecule has 0 unspecified atom stereocenters. The summed E-state index contributed by atoms with van der Waals surface area (Å²) in [6.07, 6.45) is 0. The van der Waals surface area contributed by atoms with E-state index < -0.39 is 5.97 Å². The molecular weight excluding hydrogens is 254 g/mol. The van der Waals surface area contributed by atoms with Crippen molar-refractivity contribution in [2.24, 2.45) is 0 Å². The maximum absolute atomic E-state index is 11.7. The summed E-state index contributed by atoms with van der Waals surface area (Å²) in [5, 5.41) is 3.18. The number of methoxy groups -OCH3 is 1. The van der Waals surface area contributed by atoms with Gasteiger partial charge in [-0.2, -0.15) is 0 Å². The van der Waals surface area contributed by atoms with Gasteiger partial charge in [0, 0.05) is 17.1 Å². The highest BCUT2D eigenvalue weighted by molar-refractivity contribution is 5.96. The molecule has 0 radical (unpaired) electrons. The summed E-state index contributed by atoms with van der Waals surface area (Å²) in [6.45, 7) is 2.46. The molecule has 0 saturated heterocycles. The molecule has 1 aromatic carbocycles. The van der Waals surface area contributed by atoms with Gasteiger partial charge in [0.05, 0.1) is 24.9 Å². The first-order chi connectivity index (χ1) is 9.60. The third-order valence-electron chi connectivity index (χ3n) is 2.85. The number of anilines is 2. The van der Waals surface area contributed by atoms with Crippen LogP contribution in [0.4, 0.5) is 11.4 Å². The zero-order valence-electron chi connectivity index (χ0n) is 11.5. The highest BCUT2D eigenvalue weighted by Crippen LogP contribution is 2.20. The third kappa shape index (κ3) is 3.26. The molecule has 1 aromatic heterocycles. The van der Waals surface area contributed by atoms with E-state index in [2.05, 4.69) is 10.3 Å². The minimum Gasteiger partial charge on any atom is -0.465 e. The van der Waals surface area contributed by atoms with Crippen LogP contribution in [-0.2, 0) is 11.3 Å². The number of benzene rings is 1. The molecule has 0 saturated carbocycles. The number of rotatable bonds is 4. The maximum Gasteiger partial charge on any atom is 0.340 e. The fraction of sp³-hybridized carbons (Fsp3) is 0.200. The lowest BCUT2D eigenvalue weighted by Crippen LogP contribution is -2.09. The fourth-order valence-electron chi connectivity index (χ4n) is 1.88. The average molecular weight is 271 g/mol. The summed E-state index contributed by atoms with van der Waals surface area (Å²) in [7, 11) is 1.34. The average Bonchev–Trinajstić information content (AvgIpc) is 2.45. The van der Waals surface area contributed by atoms with Gasteiger partial charge < -0.3 is 15.8 Å². The summed E-state index contributed by atoms with van der Waals surface area (Å²) < 4.78 is 4.75. The van der Waals surface area contributed by atoms with E-state index >= 15 is 0 Å². The first kappa shape index (κ1) is 13.9. The van der Waals surface area contributed by atoms with Crippen molar-refractivity contribution in [3.63, 3.8) is 0 Å². The highest BCUT2D eigenvalue weighted by atomic mass is 16.5. The monoisotopic (exact) mass is 271 g/mol. The van der Waals surface area contributed by atoms with Gasteiger partial charge in [-0.1, -0.05) is 6.07 Å². The Morgan fingerprint density at radius 2 is 2.15 bits per heavy atom. The van der Waals surface area contributed by atoms with Gasteiger partial charge >= 0.3 is 5.97 Å². The molecule has 3 N–H and O–H groups in total. The van der Waals surface area contributed by atoms with E-state index in [1.807, 2.05) is 25.1 Å². The third-order valence-corrected chi connectivity index (χ3v) is 2.85. The van der Waals surface area contributed by atoms with E-state index in [0.717, 1.165) is 11.4 Å². The van der Waals surface area contributed by atoms with Gasteiger partial charge in [0.15, 0.2) is 0 Å². The lowest BCUT2D eigenvalue weighted by Gasteiger charge is -2.11. The number of carbonyl (C=O) groups is 1. The Morgan fingerprint density at radius 1 is 1.35 bits per heavy atom. The number of pyridine rings is 1. The second-order valence-electron chi connectivity index (χ2n) is 4.42. The lowest BCUT2D eigenvalue weighted by atomic mass is 10.1. The second kappa shape index (κ2) is 6.06. The maximum atomic E-state index is 11.7. The topological polar surface area (TPSA) is 77.2 Å². The van der Waals surface area contributed by atoms with Crippen molar-refractivity contribution in [2.75, 3.05) is 18.2 Å². The van der Waals surface area contributed by atoms with Crippen molar-refractivity contribution >= 4 is 17.3 Å². The van der Waals surface area contributed by atoms with Gasteiger partial charge in [-0.05, 0) is 37.3 Å². The standard InChI is InChI=1S/C15H17N3O2/c1-10-4-3-5-12(18-10)9-17-14-7-6-11(16)8-13(14)15(19)20-2/h3-8,17H,9,16H2,1-2H3. The quantitative estimate of drug-likeness (QED) is 0.659. The highest BCUT2D eigenvalue weighted by Gasteiger charge is 2.12. The van der Waals surface area contributed by atoms with Crippen LogP contribution in [-0.4, -0.2) is 18.1 Å². The number of aryl methyl sites for hydroxylation is 1. The number of nitrogens with one attached hydrogen (secondary N) is 1. The number of nitrogens with two attached hydrogens (primary N) is 1. The van der Waals surface area contributed by atoms with Gasteiger partial charge in [0.1, 0.15) is 0 Å². The molecule has 0 bridgehead atoms. The SMILES string of the molecule is COC(=O)c1cc(N)ccc1NCc1cccc(C)n1. The van der Waals surface area contributed by atoms with Crippen LogP contribution >= 0.6 is 0 Å². The molecule has 20 heavy (non-hydrogen) atoms. The molecule has 5 heteroatoms. The van der Waals surface area contributed by atoms with E-state index in [-0.39, 0.29) is 0 Å². The number of hydrogen-bond donors (Lipinski definition) is 2. The van der Waals surface area contributed by atoms with Gasteiger partial charge in [0.2, 0.25) is 0 Å². The van der Waals surface area contributed by atoms with Crippen molar-refractivity contribution in [1.82, 2.24) is 4.98 Å². The predicted octanol–water partition coefficient (Wildman–Crippen LogP) is 2.37. The van der Waals surface area contributed by atoms with Crippen molar-refractivity contribution < 1.29 is 9.53 Å². The Morgan fingerprint density at radius 3 is 2.85 bits per heavy atom. The van der Waals surface area contributed by atoms with E-state index in [1.54, 1.807) is 18.2 Å². The Hall–Kier alpha value is -2.56. The lowest BCUT2D eigenvalue weighted by molar-refractivity contribution is 0.0602. The minimum atomic E-state index is -0.419. The normalized spacial score (nSPS) is 10.1. The molecule has 0 fully saturated rings. The van der Waals surface area contributed by atoms with E-state index in [0.29, 0.717) is 23.5 Å². The van der Waals surface area contributed by atoms with Gasteiger partial charge in [-0.25, -0.2) is 4.79 Å². The Labute approximate surface area is 117 Å². The zero-order valence-corrected chi connectivity index (χ0v) is 11.5.